The fraction of sp³-hybridized carbons (Fsp3) is 0.556. The van der Waals surface area contributed by atoms with Gasteiger partial charge in [-0.1, -0.05) is 0 Å². The minimum absolute atomic E-state index is 0.299. The fourth-order valence-electron chi connectivity index (χ4n) is 1.80. The molecular weight excluding hydrogens is 170 g/mol. The lowest BCUT2D eigenvalue weighted by molar-refractivity contribution is 0.226. The molecule has 66 valence electrons. The summed E-state index contributed by atoms with van der Waals surface area (Å²) in [7, 11) is 0. The molecule has 0 saturated carbocycles. The summed E-state index contributed by atoms with van der Waals surface area (Å²) in [6.45, 7) is 2.27. The van der Waals surface area contributed by atoms with Crippen molar-refractivity contribution in [3.05, 3.63) is 22.4 Å². The summed E-state index contributed by atoms with van der Waals surface area (Å²) in [5.41, 5.74) is 1.38. The van der Waals surface area contributed by atoms with Crippen LogP contribution in [-0.2, 0) is 0 Å². The van der Waals surface area contributed by atoms with Crippen molar-refractivity contribution in [2.75, 3.05) is 19.7 Å². The third-order valence-corrected chi connectivity index (χ3v) is 3.25. The Morgan fingerprint density at radius 1 is 1.58 bits per heavy atom. The van der Waals surface area contributed by atoms with Gasteiger partial charge >= 0.3 is 0 Å². The van der Waals surface area contributed by atoms with Crippen molar-refractivity contribution < 1.29 is 5.11 Å². The summed E-state index contributed by atoms with van der Waals surface area (Å²) in [4.78, 5) is 0. The molecule has 3 heteroatoms. The molecule has 12 heavy (non-hydrogen) atoms. The Hall–Kier alpha value is -0.380. The average Bonchev–Trinajstić information content (AvgIpc) is 2.74. The first kappa shape index (κ1) is 8.23. The molecule has 2 nitrogen and oxygen atoms in total. The van der Waals surface area contributed by atoms with Gasteiger partial charge in [0.05, 0.1) is 0 Å². The van der Waals surface area contributed by atoms with Crippen LogP contribution < -0.4 is 5.32 Å². The second kappa shape index (κ2) is 3.56. The van der Waals surface area contributed by atoms with Gasteiger partial charge in [-0.2, -0.15) is 11.3 Å². The summed E-state index contributed by atoms with van der Waals surface area (Å²) in [6, 6.07) is 2.16. The third kappa shape index (κ3) is 1.40. The summed E-state index contributed by atoms with van der Waals surface area (Å²) >= 11 is 1.73. The molecule has 2 N–H and O–H groups in total. The molecule has 1 aliphatic rings. The van der Waals surface area contributed by atoms with E-state index < -0.39 is 0 Å². The topological polar surface area (TPSA) is 32.3 Å². The van der Waals surface area contributed by atoms with Crippen LogP contribution >= 0.6 is 11.3 Å². The molecule has 0 amide bonds. The van der Waals surface area contributed by atoms with Crippen LogP contribution in [0.5, 0.6) is 0 Å². The zero-order chi connectivity index (χ0) is 8.39. The maximum Gasteiger partial charge on any atom is 0.0477 e. The van der Waals surface area contributed by atoms with E-state index in [0.717, 1.165) is 13.1 Å². The van der Waals surface area contributed by atoms with Crippen LogP contribution in [0.3, 0.4) is 0 Å². The van der Waals surface area contributed by atoms with Gasteiger partial charge in [-0.3, -0.25) is 0 Å². The molecule has 1 aliphatic heterocycles. The van der Waals surface area contributed by atoms with E-state index in [1.54, 1.807) is 11.3 Å². The average molecular weight is 183 g/mol. The first-order chi connectivity index (χ1) is 5.92. The van der Waals surface area contributed by atoms with Crippen molar-refractivity contribution in [2.24, 2.45) is 5.92 Å². The van der Waals surface area contributed by atoms with Crippen molar-refractivity contribution >= 4 is 11.3 Å². The summed E-state index contributed by atoms with van der Waals surface area (Å²) in [6.07, 6.45) is 0. The molecule has 1 aromatic rings. The highest BCUT2D eigenvalue weighted by molar-refractivity contribution is 7.07. The lowest BCUT2D eigenvalue weighted by atomic mass is 9.92. The molecule has 0 bridgehead atoms. The van der Waals surface area contributed by atoms with E-state index in [2.05, 4.69) is 22.1 Å². The van der Waals surface area contributed by atoms with Gasteiger partial charge in [-0.15, -0.1) is 0 Å². The molecule has 2 heterocycles. The van der Waals surface area contributed by atoms with E-state index in [-0.39, 0.29) is 0 Å². The van der Waals surface area contributed by atoms with Crippen LogP contribution in [0.2, 0.25) is 0 Å². The minimum Gasteiger partial charge on any atom is -0.396 e. The van der Waals surface area contributed by atoms with E-state index in [1.807, 2.05) is 0 Å². The van der Waals surface area contributed by atoms with Crippen LogP contribution in [0.4, 0.5) is 0 Å². The van der Waals surface area contributed by atoms with E-state index in [9.17, 15) is 0 Å². The Kier molecular flexibility index (Phi) is 2.44. The second-order valence-corrected chi connectivity index (χ2v) is 4.04. The van der Waals surface area contributed by atoms with E-state index in [4.69, 9.17) is 5.11 Å². The molecule has 1 fully saturated rings. The highest BCUT2D eigenvalue weighted by Gasteiger charge is 2.27. The summed E-state index contributed by atoms with van der Waals surface area (Å²) < 4.78 is 0. The van der Waals surface area contributed by atoms with E-state index in [0.29, 0.717) is 18.4 Å². The largest absolute Gasteiger partial charge is 0.396 e. The Labute approximate surface area is 76.2 Å². The van der Waals surface area contributed by atoms with Gasteiger partial charge in [-0.05, 0) is 22.4 Å². The Morgan fingerprint density at radius 3 is 3.17 bits per heavy atom. The molecule has 0 aromatic carbocycles. The van der Waals surface area contributed by atoms with Gasteiger partial charge in [0.25, 0.3) is 0 Å². The number of rotatable bonds is 2. The molecule has 1 saturated heterocycles. The highest BCUT2D eigenvalue weighted by Crippen LogP contribution is 2.28. The molecule has 0 unspecified atom stereocenters. The van der Waals surface area contributed by atoms with Gasteiger partial charge in [0.2, 0.25) is 0 Å². The van der Waals surface area contributed by atoms with Gasteiger partial charge in [0.15, 0.2) is 0 Å². The first-order valence-electron chi connectivity index (χ1n) is 4.25. The zero-order valence-corrected chi connectivity index (χ0v) is 7.68. The second-order valence-electron chi connectivity index (χ2n) is 3.26. The Balaban J connectivity index is 2.13. The normalized spacial score (nSPS) is 29.4. The molecule has 0 radical (unpaired) electrons. The molecule has 2 rings (SSSR count). The number of aliphatic hydroxyl groups is 1. The summed E-state index contributed by atoms with van der Waals surface area (Å²) in [5.74, 6) is 0.945. The predicted molar refractivity (Wildman–Crippen MR) is 50.5 cm³/mol. The van der Waals surface area contributed by atoms with Gasteiger partial charge in [0.1, 0.15) is 0 Å². The SMILES string of the molecule is OC[C@H]1CNC[C@@H]1c1ccsc1. The van der Waals surface area contributed by atoms with E-state index >= 15 is 0 Å². The van der Waals surface area contributed by atoms with E-state index in [1.165, 1.54) is 5.56 Å². The lowest BCUT2D eigenvalue weighted by Crippen LogP contribution is -2.14. The fourth-order valence-corrected chi connectivity index (χ4v) is 2.53. The zero-order valence-electron chi connectivity index (χ0n) is 6.86. The smallest absolute Gasteiger partial charge is 0.0477 e. The van der Waals surface area contributed by atoms with Crippen molar-refractivity contribution in [1.29, 1.82) is 0 Å². The maximum absolute atomic E-state index is 9.10. The quantitative estimate of drug-likeness (QED) is 0.718. The van der Waals surface area contributed by atoms with Gasteiger partial charge in [-0.25, -0.2) is 0 Å². The number of nitrogens with one attached hydrogen (secondary N) is 1. The molecule has 1 aromatic heterocycles. The standard InChI is InChI=1S/C9H13NOS/c11-5-8-3-10-4-9(8)7-1-2-12-6-7/h1-2,6,8-11H,3-5H2/t8-,9-/m1/s1. The molecular formula is C9H13NOS. The van der Waals surface area contributed by atoms with Gasteiger partial charge in [0, 0.05) is 31.5 Å². The summed E-state index contributed by atoms with van der Waals surface area (Å²) in [5, 5.41) is 16.7. The number of hydrogen-bond donors (Lipinski definition) is 2. The molecule has 0 spiro atoms. The third-order valence-electron chi connectivity index (χ3n) is 2.55. The molecule has 0 aliphatic carbocycles. The number of hydrogen-bond acceptors (Lipinski definition) is 3. The highest BCUT2D eigenvalue weighted by atomic mass is 32.1. The Bertz CT molecular complexity index is 235. The van der Waals surface area contributed by atoms with Crippen LogP contribution in [-0.4, -0.2) is 24.8 Å². The van der Waals surface area contributed by atoms with Crippen molar-refractivity contribution in [3.8, 4) is 0 Å². The van der Waals surface area contributed by atoms with Crippen molar-refractivity contribution in [1.82, 2.24) is 5.32 Å². The predicted octanol–water partition coefficient (Wildman–Crippen LogP) is 1.04. The number of aliphatic hydroxyl groups excluding tert-OH is 1. The Morgan fingerprint density at radius 2 is 2.50 bits per heavy atom. The van der Waals surface area contributed by atoms with Crippen LogP contribution in [0.15, 0.2) is 16.8 Å². The van der Waals surface area contributed by atoms with Crippen molar-refractivity contribution in [3.63, 3.8) is 0 Å². The maximum atomic E-state index is 9.10. The minimum atomic E-state index is 0.299. The number of thiophene rings is 1. The monoisotopic (exact) mass is 183 g/mol. The van der Waals surface area contributed by atoms with Gasteiger partial charge < -0.3 is 10.4 Å². The van der Waals surface area contributed by atoms with Crippen LogP contribution in [0.1, 0.15) is 11.5 Å². The molecule has 2 atom stereocenters. The first-order valence-corrected chi connectivity index (χ1v) is 5.19. The lowest BCUT2D eigenvalue weighted by Gasteiger charge is -2.13. The van der Waals surface area contributed by atoms with Crippen LogP contribution in [0, 0.1) is 5.92 Å². The van der Waals surface area contributed by atoms with Crippen LogP contribution in [0.25, 0.3) is 0 Å². The van der Waals surface area contributed by atoms with Crippen molar-refractivity contribution in [2.45, 2.75) is 5.92 Å².